The van der Waals surface area contributed by atoms with Gasteiger partial charge in [0, 0.05) is 29.6 Å². The van der Waals surface area contributed by atoms with Crippen molar-refractivity contribution in [3.05, 3.63) is 64.5 Å². The lowest BCUT2D eigenvalue weighted by Crippen LogP contribution is -2.30. The molecule has 4 rings (SSSR count). The highest BCUT2D eigenvalue weighted by atomic mass is 32.1. The molecule has 0 fully saturated rings. The number of nitrogens with zero attached hydrogens (tertiary/aromatic N) is 1. The molecule has 0 radical (unpaired) electrons. The number of hydrogen-bond donors (Lipinski definition) is 2. The number of nitrogens with one attached hydrogen (secondary N) is 2. The van der Waals surface area contributed by atoms with Gasteiger partial charge in [-0.2, -0.15) is 0 Å². The predicted octanol–water partition coefficient (Wildman–Crippen LogP) is 3.04. The second-order valence-corrected chi connectivity index (χ2v) is 7.37. The number of fused-ring (bicyclic) bond motifs is 1. The summed E-state index contributed by atoms with van der Waals surface area (Å²) in [5, 5.41) is 8.63. The number of aromatic nitrogens is 1. The largest absolute Gasteiger partial charge is 0.484 e. The molecule has 0 saturated heterocycles. The molecule has 2 heterocycles. The van der Waals surface area contributed by atoms with Crippen molar-refractivity contribution in [1.29, 1.82) is 0 Å². The highest BCUT2D eigenvalue weighted by molar-refractivity contribution is 7.09. The van der Waals surface area contributed by atoms with E-state index in [4.69, 9.17) is 4.74 Å². The quantitative estimate of drug-likeness (QED) is 0.647. The monoisotopic (exact) mass is 393 g/mol. The zero-order chi connectivity index (χ0) is 19.3. The molecule has 3 aromatic rings. The first-order chi connectivity index (χ1) is 13.7. The van der Waals surface area contributed by atoms with Crippen LogP contribution in [0.15, 0.2) is 53.9 Å². The number of ether oxygens (including phenoxy) is 1. The van der Waals surface area contributed by atoms with E-state index in [0.717, 1.165) is 27.5 Å². The first kappa shape index (κ1) is 18.2. The molecule has 0 atom stereocenters. The van der Waals surface area contributed by atoms with Gasteiger partial charge in [-0.25, -0.2) is 4.98 Å². The number of carbonyl (C=O) groups excluding carboxylic acids is 2. The van der Waals surface area contributed by atoms with E-state index in [9.17, 15) is 9.59 Å². The van der Waals surface area contributed by atoms with Crippen LogP contribution in [-0.2, 0) is 22.4 Å². The number of benzene rings is 2. The molecule has 2 N–H and O–H groups in total. The molecule has 0 aliphatic carbocycles. The average Bonchev–Trinajstić information content (AvgIpc) is 3.32. The molecular formula is C21H19N3O3S. The van der Waals surface area contributed by atoms with Crippen molar-refractivity contribution < 1.29 is 14.3 Å². The van der Waals surface area contributed by atoms with Crippen LogP contribution in [0.4, 0.5) is 5.69 Å². The average molecular weight is 393 g/mol. The fourth-order valence-electron chi connectivity index (χ4n) is 2.97. The van der Waals surface area contributed by atoms with Gasteiger partial charge in [0.05, 0.1) is 17.1 Å². The summed E-state index contributed by atoms with van der Waals surface area (Å²) >= 11 is 1.56. The second-order valence-electron chi connectivity index (χ2n) is 6.43. The Morgan fingerprint density at radius 3 is 2.93 bits per heavy atom. The smallest absolute Gasteiger partial charge is 0.257 e. The van der Waals surface area contributed by atoms with Crippen molar-refractivity contribution in [2.75, 3.05) is 18.5 Å². The Balaban J connectivity index is 1.27. The molecule has 0 spiro atoms. The lowest BCUT2D eigenvalue weighted by Gasteiger charge is -2.06. The van der Waals surface area contributed by atoms with E-state index in [1.165, 1.54) is 0 Å². The topological polar surface area (TPSA) is 80.3 Å². The second kappa shape index (κ2) is 8.22. The Morgan fingerprint density at radius 1 is 1.21 bits per heavy atom. The summed E-state index contributed by atoms with van der Waals surface area (Å²) in [6.07, 6.45) is 1.07. The van der Waals surface area contributed by atoms with Gasteiger partial charge in [0.25, 0.3) is 5.91 Å². The summed E-state index contributed by atoms with van der Waals surface area (Å²) in [5.41, 5.74) is 3.77. The number of amides is 2. The van der Waals surface area contributed by atoms with Crippen LogP contribution < -0.4 is 15.4 Å². The Kier molecular flexibility index (Phi) is 5.34. The fraction of sp³-hybridized carbons (Fsp3) is 0.190. The van der Waals surface area contributed by atoms with Crippen molar-refractivity contribution >= 4 is 28.8 Å². The third-order valence-electron chi connectivity index (χ3n) is 4.35. The van der Waals surface area contributed by atoms with E-state index in [-0.39, 0.29) is 18.4 Å². The van der Waals surface area contributed by atoms with Gasteiger partial charge in [0.2, 0.25) is 5.91 Å². The molecule has 7 heteroatoms. The van der Waals surface area contributed by atoms with E-state index in [1.807, 2.05) is 53.9 Å². The molecule has 6 nitrogen and oxygen atoms in total. The third-order valence-corrected chi connectivity index (χ3v) is 5.26. The summed E-state index contributed by atoms with van der Waals surface area (Å²) in [6, 6.07) is 15.1. The molecule has 0 bridgehead atoms. The molecule has 1 aliphatic heterocycles. The molecular weight excluding hydrogens is 374 g/mol. The molecule has 1 aliphatic rings. The maximum Gasteiger partial charge on any atom is 0.257 e. The van der Waals surface area contributed by atoms with Crippen molar-refractivity contribution in [3.8, 4) is 17.0 Å². The van der Waals surface area contributed by atoms with Gasteiger partial charge in [-0.3, -0.25) is 9.59 Å². The van der Waals surface area contributed by atoms with Crippen LogP contribution >= 0.6 is 11.3 Å². The lowest BCUT2D eigenvalue weighted by molar-refractivity contribution is -0.123. The highest BCUT2D eigenvalue weighted by Gasteiger charge is 2.18. The minimum absolute atomic E-state index is 0.00495. The highest BCUT2D eigenvalue weighted by Crippen LogP contribution is 2.29. The third kappa shape index (κ3) is 4.37. The Bertz CT molecular complexity index is 1000. The zero-order valence-corrected chi connectivity index (χ0v) is 15.9. The minimum atomic E-state index is -0.156. The molecule has 2 amide bonds. The van der Waals surface area contributed by atoms with Crippen LogP contribution in [0.1, 0.15) is 10.6 Å². The van der Waals surface area contributed by atoms with Gasteiger partial charge in [-0.1, -0.05) is 24.3 Å². The first-order valence-electron chi connectivity index (χ1n) is 8.99. The maximum absolute atomic E-state index is 11.9. The molecule has 0 unspecified atom stereocenters. The van der Waals surface area contributed by atoms with Crippen molar-refractivity contribution in [2.45, 2.75) is 12.8 Å². The van der Waals surface area contributed by atoms with Gasteiger partial charge in [-0.15, -0.1) is 11.3 Å². The van der Waals surface area contributed by atoms with Gasteiger partial charge in [-0.05, 0) is 29.8 Å². The summed E-state index contributed by atoms with van der Waals surface area (Å²) in [4.78, 5) is 28.0. The van der Waals surface area contributed by atoms with Gasteiger partial charge in [0.1, 0.15) is 5.75 Å². The van der Waals surface area contributed by atoms with Crippen molar-refractivity contribution in [1.82, 2.24) is 10.3 Å². The standard InChI is InChI=1S/C21H19N3O3S/c25-19-11-15-10-14(6-7-17(15)23-19)18-13-28-21(24-18)8-9-22-20(26)12-27-16-4-2-1-3-5-16/h1-7,10,13H,8-9,11-12H2,(H,22,26)(H,23,25). The van der Waals surface area contributed by atoms with Crippen LogP contribution in [-0.4, -0.2) is 29.9 Å². The number of hydrogen-bond acceptors (Lipinski definition) is 5. The van der Waals surface area contributed by atoms with Gasteiger partial charge < -0.3 is 15.4 Å². The molecule has 2 aromatic carbocycles. The van der Waals surface area contributed by atoms with Crippen molar-refractivity contribution in [2.24, 2.45) is 0 Å². The molecule has 142 valence electrons. The SMILES string of the molecule is O=C(COc1ccccc1)NCCc1nc(-c2ccc3c(c2)CC(=O)N3)cs1. The van der Waals surface area contributed by atoms with E-state index in [2.05, 4.69) is 15.6 Å². The van der Waals surface area contributed by atoms with E-state index >= 15 is 0 Å². The number of thiazole rings is 1. The summed E-state index contributed by atoms with van der Waals surface area (Å²) < 4.78 is 5.42. The van der Waals surface area contributed by atoms with Crippen LogP contribution in [0, 0.1) is 0 Å². The predicted molar refractivity (Wildman–Crippen MR) is 109 cm³/mol. The maximum atomic E-state index is 11.9. The minimum Gasteiger partial charge on any atom is -0.484 e. The zero-order valence-electron chi connectivity index (χ0n) is 15.1. The first-order valence-corrected chi connectivity index (χ1v) is 9.87. The summed E-state index contributed by atoms with van der Waals surface area (Å²) in [7, 11) is 0. The Morgan fingerprint density at radius 2 is 2.07 bits per heavy atom. The normalized spacial score (nSPS) is 12.4. The van der Waals surface area contributed by atoms with Crippen LogP contribution in [0.5, 0.6) is 5.75 Å². The number of para-hydroxylation sites is 1. The van der Waals surface area contributed by atoms with Crippen molar-refractivity contribution in [3.63, 3.8) is 0 Å². The molecule has 0 saturated carbocycles. The Labute approximate surface area is 166 Å². The van der Waals surface area contributed by atoms with Crippen LogP contribution in [0.25, 0.3) is 11.3 Å². The molecule has 28 heavy (non-hydrogen) atoms. The number of rotatable bonds is 7. The van der Waals surface area contributed by atoms with E-state index < -0.39 is 0 Å². The van der Waals surface area contributed by atoms with Crippen LogP contribution in [0.2, 0.25) is 0 Å². The Hall–Kier alpha value is -3.19. The summed E-state index contributed by atoms with van der Waals surface area (Å²) in [5.74, 6) is 0.544. The van der Waals surface area contributed by atoms with Crippen LogP contribution in [0.3, 0.4) is 0 Å². The summed E-state index contributed by atoms with van der Waals surface area (Å²) in [6.45, 7) is 0.502. The number of anilines is 1. The van der Waals surface area contributed by atoms with E-state index in [1.54, 1.807) is 11.3 Å². The molecule has 1 aromatic heterocycles. The van der Waals surface area contributed by atoms with E-state index in [0.29, 0.717) is 25.1 Å². The van der Waals surface area contributed by atoms with Gasteiger partial charge in [0.15, 0.2) is 6.61 Å². The van der Waals surface area contributed by atoms with Gasteiger partial charge >= 0.3 is 0 Å². The fourth-order valence-corrected chi connectivity index (χ4v) is 3.78. The number of carbonyl (C=O) groups is 2. The lowest BCUT2D eigenvalue weighted by atomic mass is 10.1.